The lowest BCUT2D eigenvalue weighted by Gasteiger charge is -2.32. The van der Waals surface area contributed by atoms with Gasteiger partial charge < -0.3 is 24.8 Å². The largest absolute Gasteiger partial charge is 0.375 e. The van der Waals surface area contributed by atoms with Gasteiger partial charge in [0.2, 0.25) is 0 Å². The Balaban J connectivity index is 1.57. The van der Waals surface area contributed by atoms with Crippen LogP contribution >= 0.6 is 0 Å². The van der Waals surface area contributed by atoms with Gasteiger partial charge in [-0.15, -0.1) is 0 Å². The third-order valence-electron chi connectivity index (χ3n) is 4.47. The zero-order valence-electron chi connectivity index (χ0n) is 16.3. The number of ether oxygens (including phenoxy) is 1. The van der Waals surface area contributed by atoms with Gasteiger partial charge >= 0.3 is 0 Å². The maximum Gasteiger partial charge on any atom is 0.191 e. The fourth-order valence-corrected chi connectivity index (χ4v) is 3.09. The Hall–Kier alpha value is -2.54. The number of aliphatic imine (C=N–C) groups is 1. The molecule has 0 spiro atoms. The molecule has 0 bridgehead atoms. The molecule has 1 fully saturated rings. The summed E-state index contributed by atoms with van der Waals surface area (Å²) in [4.78, 5) is 11.5. The molecule has 1 saturated heterocycles. The van der Waals surface area contributed by atoms with Gasteiger partial charge in [-0.25, -0.2) is 9.98 Å². The van der Waals surface area contributed by atoms with E-state index in [4.69, 9.17) is 9.73 Å². The van der Waals surface area contributed by atoms with E-state index in [1.54, 1.807) is 0 Å². The van der Waals surface area contributed by atoms with Gasteiger partial charge in [0.05, 0.1) is 19.3 Å². The van der Waals surface area contributed by atoms with Crippen LogP contribution in [0.2, 0.25) is 0 Å². The van der Waals surface area contributed by atoms with Crippen molar-refractivity contribution in [2.45, 2.75) is 33.0 Å². The molecule has 2 aromatic heterocycles. The molecule has 1 aliphatic heterocycles. The van der Waals surface area contributed by atoms with E-state index < -0.39 is 0 Å². The zero-order chi connectivity index (χ0) is 18.9. The van der Waals surface area contributed by atoms with Crippen LogP contribution < -0.4 is 15.5 Å². The third-order valence-corrected chi connectivity index (χ3v) is 4.47. The van der Waals surface area contributed by atoms with Gasteiger partial charge in [-0.2, -0.15) is 0 Å². The summed E-state index contributed by atoms with van der Waals surface area (Å²) in [6.07, 6.45) is 6.24. The van der Waals surface area contributed by atoms with E-state index in [2.05, 4.69) is 57.4 Å². The average molecular weight is 371 g/mol. The van der Waals surface area contributed by atoms with Crippen molar-refractivity contribution in [3.05, 3.63) is 48.4 Å². The molecule has 1 unspecified atom stereocenters. The number of pyridine rings is 1. The fourth-order valence-electron chi connectivity index (χ4n) is 3.09. The number of aromatic nitrogens is 2. The third kappa shape index (κ3) is 5.99. The van der Waals surface area contributed by atoms with Gasteiger partial charge in [-0.05, 0) is 43.7 Å². The molecular formula is C20H30N6O. The lowest BCUT2D eigenvalue weighted by molar-refractivity contribution is 0.0529. The number of hydrogen-bond donors (Lipinski definition) is 2. The summed E-state index contributed by atoms with van der Waals surface area (Å²) in [6.45, 7) is 9.88. The van der Waals surface area contributed by atoms with Crippen molar-refractivity contribution in [1.82, 2.24) is 20.2 Å². The van der Waals surface area contributed by atoms with E-state index in [9.17, 15) is 0 Å². The number of morpholine rings is 1. The normalized spacial score (nSPS) is 17.8. The summed E-state index contributed by atoms with van der Waals surface area (Å²) in [6, 6.07) is 8.23. The first-order valence-electron chi connectivity index (χ1n) is 9.69. The molecule has 0 radical (unpaired) electrons. The zero-order valence-corrected chi connectivity index (χ0v) is 16.3. The standard InChI is InChI=1S/C20H30N6O/c1-3-21-20(23-8-11-25-9-4-5-10-25)24-15-18-6-7-22-19(14-18)26-12-13-27-17(2)16-26/h4-7,9-10,14,17H,3,8,11-13,15-16H2,1-2H3,(H2,21,23,24). The minimum atomic E-state index is 0.243. The van der Waals surface area contributed by atoms with Crippen LogP contribution in [0, 0.1) is 0 Å². The molecule has 1 aliphatic rings. The summed E-state index contributed by atoms with van der Waals surface area (Å²) < 4.78 is 7.77. The Labute approximate surface area is 161 Å². The fraction of sp³-hybridized carbons (Fsp3) is 0.500. The number of nitrogens with one attached hydrogen (secondary N) is 2. The van der Waals surface area contributed by atoms with Crippen LogP contribution in [-0.2, 0) is 17.8 Å². The highest BCUT2D eigenvalue weighted by molar-refractivity contribution is 5.79. The molecule has 2 N–H and O–H groups in total. The Morgan fingerprint density at radius 1 is 1.33 bits per heavy atom. The van der Waals surface area contributed by atoms with Gasteiger partial charge in [-0.1, -0.05) is 0 Å². The van der Waals surface area contributed by atoms with Crippen LogP contribution in [0.5, 0.6) is 0 Å². The molecule has 0 aliphatic carbocycles. The van der Waals surface area contributed by atoms with Gasteiger partial charge in [0.15, 0.2) is 5.96 Å². The van der Waals surface area contributed by atoms with E-state index in [1.807, 2.05) is 24.4 Å². The first-order valence-corrected chi connectivity index (χ1v) is 9.69. The molecule has 1 atom stereocenters. The van der Waals surface area contributed by atoms with Crippen molar-refractivity contribution >= 4 is 11.8 Å². The minimum Gasteiger partial charge on any atom is -0.375 e. The predicted molar refractivity (Wildman–Crippen MR) is 109 cm³/mol. The molecule has 7 heteroatoms. The van der Waals surface area contributed by atoms with Gasteiger partial charge in [0.1, 0.15) is 5.82 Å². The number of rotatable bonds is 7. The summed E-state index contributed by atoms with van der Waals surface area (Å²) in [5, 5.41) is 6.69. The van der Waals surface area contributed by atoms with Crippen LogP contribution in [0.4, 0.5) is 5.82 Å². The Bertz CT molecular complexity index is 715. The summed E-state index contributed by atoms with van der Waals surface area (Å²) in [5.41, 5.74) is 1.15. The number of hydrogen-bond acceptors (Lipinski definition) is 4. The van der Waals surface area contributed by atoms with Crippen LogP contribution in [-0.4, -0.2) is 54.4 Å². The highest BCUT2D eigenvalue weighted by Gasteiger charge is 2.17. The molecule has 0 aromatic carbocycles. The number of anilines is 1. The van der Waals surface area contributed by atoms with Crippen molar-refractivity contribution in [3.63, 3.8) is 0 Å². The second-order valence-electron chi connectivity index (χ2n) is 6.69. The monoisotopic (exact) mass is 370 g/mol. The van der Waals surface area contributed by atoms with Crippen LogP contribution in [0.15, 0.2) is 47.8 Å². The molecule has 3 heterocycles. The topological polar surface area (TPSA) is 66.7 Å². The molecule has 2 aromatic rings. The SMILES string of the molecule is CCNC(=NCc1ccnc(N2CCOC(C)C2)c1)NCCn1cccc1. The lowest BCUT2D eigenvalue weighted by Crippen LogP contribution is -2.41. The van der Waals surface area contributed by atoms with E-state index in [-0.39, 0.29) is 6.10 Å². The van der Waals surface area contributed by atoms with Crippen molar-refractivity contribution < 1.29 is 4.74 Å². The Kier molecular flexibility index (Phi) is 7.10. The van der Waals surface area contributed by atoms with E-state index >= 15 is 0 Å². The number of guanidine groups is 1. The first-order chi connectivity index (χ1) is 13.2. The molecular weight excluding hydrogens is 340 g/mol. The summed E-state index contributed by atoms with van der Waals surface area (Å²) >= 11 is 0. The predicted octanol–water partition coefficient (Wildman–Crippen LogP) is 1.86. The molecule has 0 saturated carbocycles. The highest BCUT2D eigenvalue weighted by Crippen LogP contribution is 2.16. The first kappa shape index (κ1) is 19.2. The Morgan fingerprint density at radius 2 is 2.19 bits per heavy atom. The Morgan fingerprint density at radius 3 is 2.96 bits per heavy atom. The van der Waals surface area contributed by atoms with Crippen molar-refractivity contribution in [2.24, 2.45) is 4.99 Å². The van der Waals surface area contributed by atoms with Gasteiger partial charge in [0.25, 0.3) is 0 Å². The maximum atomic E-state index is 5.62. The molecule has 7 nitrogen and oxygen atoms in total. The van der Waals surface area contributed by atoms with Crippen molar-refractivity contribution in [2.75, 3.05) is 37.7 Å². The van der Waals surface area contributed by atoms with Crippen molar-refractivity contribution in [3.8, 4) is 0 Å². The quantitative estimate of drug-likeness (QED) is 0.575. The van der Waals surface area contributed by atoms with Gasteiger partial charge in [-0.3, -0.25) is 0 Å². The molecule has 27 heavy (non-hydrogen) atoms. The lowest BCUT2D eigenvalue weighted by atomic mass is 10.2. The maximum absolute atomic E-state index is 5.62. The van der Waals surface area contributed by atoms with Crippen LogP contribution in [0.25, 0.3) is 0 Å². The van der Waals surface area contributed by atoms with E-state index in [0.29, 0.717) is 6.54 Å². The summed E-state index contributed by atoms with van der Waals surface area (Å²) in [7, 11) is 0. The average Bonchev–Trinajstić information content (AvgIpc) is 3.20. The minimum absolute atomic E-state index is 0.243. The summed E-state index contributed by atoms with van der Waals surface area (Å²) in [5.74, 6) is 1.84. The molecule has 0 amide bonds. The molecule has 146 valence electrons. The smallest absolute Gasteiger partial charge is 0.191 e. The van der Waals surface area contributed by atoms with Crippen LogP contribution in [0.3, 0.4) is 0 Å². The number of nitrogens with zero attached hydrogens (tertiary/aromatic N) is 4. The highest BCUT2D eigenvalue weighted by atomic mass is 16.5. The molecule has 3 rings (SSSR count). The second-order valence-corrected chi connectivity index (χ2v) is 6.69. The second kappa shape index (κ2) is 9.97. The van der Waals surface area contributed by atoms with E-state index in [0.717, 1.165) is 56.7 Å². The van der Waals surface area contributed by atoms with Crippen LogP contribution in [0.1, 0.15) is 19.4 Å². The van der Waals surface area contributed by atoms with Crippen molar-refractivity contribution in [1.29, 1.82) is 0 Å². The van der Waals surface area contributed by atoms with Gasteiger partial charge in [0, 0.05) is 51.3 Å². The van der Waals surface area contributed by atoms with E-state index in [1.165, 1.54) is 0 Å².